The Balaban J connectivity index is 1.73. The van der Waals surface area contributed by atoms with Crippen molar-refractivity contribution < 1.29 is 24.8 Å². The van der Waals surface area contributed by atoms with Gasteiger partial charge in [-0.1, -0.05) is 72.9 Å². The van der Waals surface area contributed by atoms with Crippen LogP contribution in [0.3, 0.4) is 0 Å². The molecule has 1 aliphatic rings. The summed E-state index contributed by atoms with van der Waals surface area (Å²) >= 11 is 5.44. The average molecular weight is 457 g/mol. The number of hydrogen-bond donors (Lipinski definition) is 4. The van der Waals surface area contributed by atoms with E-state index in [2.05, 4.69) is 4.98 Å². The fourth-order valence-corrected chi connectivity index (χ4v) is 3.98. The van der Waals surface area contributed by atoms with Crippen LogP contribution in [0.1, 0.15) is 29.0 Å². The predicted molar refractivity (Wildman–Crippen MR) is 118 cm³/mol. The molecule has 0 saturated carbocycles. The maximum Gasteiger partial charge on any atom is 0.328 e. The fourth-order valence-electron chi connectivity index (χ4n) is 3.73. The van der Waals surface area contributed by atoms with Crippen molar-refractivity contribution in [1.82, 2.24) is 9.55 Å². The van der Waals surface area contributed by atoms with Gasteiger partial charge in [0.25, 0.3) is 0 Å². The highest BCUT2D eigenvalue weighted by molar-refractivity contribution is 7.71. The summed E-state index contributed by atoms with van der Waals surface area (Å²) in [5.41, 5.74) is 1.69. The molecule has 1 aromatic heterocycles. The Kier molecular flexibility index (Phi) is 6.95. The number of aliphatic hydroxyl groups excluding tert-OH is 3. The Morgan fingerprint density at radius 2 is 1.72 bits per heavy atom. The largest absolute Gasteiger partial charge is 0.394 e. The summed E-state index contributed by atoms with van der Waals surface area (Å²) in [6, 6.07) is 19.1. The summed E-state index contributed by atoms with van der Waals surface area (Å²) in [5, 5.41) is 29.9. The smallest absolute Gasteiger partial charge is 0.328 e. The molecular formula is C23H24N2O6S. The number of nitrogens with zero attached hydrogens (tertiary/aromatic N) is 1. The zero-order valence-corrected chi connectivity index (χ0v) is 17.9. The lowest BCUT2D eigenvalue weighted by atomic mass is 10.0. The topological polar surface area (TPSA) is 117 Å². The van der Waals surface area contributed by atoms with E-state index in [9.17, 15) is 20.1 Å². The Hall–Kier alpha value is -2.66. The molecular weight excluding hydrogens is 432 g/mol. The molecule has 1 fully saturated rings. The van der Waals surface area contributed by atoms with Gasteiger partial charge in [0.05, 0.1) is 13.2 Å². The monoisotopic (exact) mass is 456 g/mol. The van der Waals surface area contributed by atoms with Crippen LogP contribution in [0.2, 0.25) is 0 Å². The first-order valence-electron chi connectivity index (χ1n) is 10.2. The maximum atomic E-state index is 12.6. The van der Waals surface area contributed by atoms with Gasteiger partial charge in [-0.25, -0.2) is 4.79 Å². The molecule has 1 aliphatic heterocycles. The summed E-state index contributed by atoms with van der Waals surface area (Å²) in [7, 11) is 0. The van der Waals surface area contributed by atoms with Crippen LogP contribution in [0.4, 0.5) is 0 Å². The van der Waals surface area contributed by atoms with Crippen LogP contribution in [0, 0.1) is 4.64 Å². The minimum atomic E-state index is -1.40. The molecule has 3 unspecified atom stereocenters. The van der Waals surface area contributed by atoms with Crippen molar-refractivity contribution in [2.24, 2.45) is 0 Å². The van der Waals surface area contributed by atoms with Crippen molar-refractivity contribution in [2.75, 3.05) is 6.61 Å². The Morgan fingerprint density at radius 1 is 1.06 bits per heavy atom. The van der Waals surface area contributed by atoms with Gasteiger partial charge in [0.1, 0.15) is 29.1 Å². The van der Waals surface area contributed by atoms with E-state index in [1.165, 1.54) is 6.20 Å². The summed E-state index contributed by atoms with van der Waals surface area (Å²) in [6.45, 7) is -0.186. The van der Waals surface area contributed by atoms with Crippen molar-refractivity contribution in [3.63, 3.8) is 0 Å². The minimum Gasteiger partial charge on any atom is -0.394 e. The first-order chi connectivity index (χ1) is 15.5. The van der Waals surface area contributed by atoms with Crippen molar-refractivity contribution in [3.05, 3.63) is 98.7 Å². The normalized spacial score (nSPS) is 23.8. The highest BCUT2D eigenvalue weighted by Gasteiger charge is 2.44. The van der Waals surface area contributed by atoms with Crippen LogP contribution in [0.5, 0.6) is 0 Å². The molecule has 32 heavy (non-hydrogen) atoms. The lowest BCUT2D eigenvalue weighted by Crippen LogP contribution is -2.36. The second-order valence-electron chi connectivity index (χ2n) is 7.57. The molecule has 0 aliphatic carbocycles. The van der Waals surface area contributed by atoms with Crippen LogP contribution in [-0.2, 0) is 16.1 Å². The van der Waals surface area contributed by atoms with E-state index in [-0.39, 0.29) is 4.64 Å². The fraction of sp³-hybridized carbons (Fsp3) is 0.304. The number of hydrogen-bond acceptors (Lipinski definition) is 7. The molecule has 5 atom stereocenters. The molecule has 3 aromatic rings. The standard InChI is InChI=1S/C23H24N2O6S/c26-12-17-18(27)19(28)22(31-17)25-11-16(21(32)24-23(25)29)20(15-9-5-2-6-10-15)30-13-14-7-3-1-4-8-14/h1-11,17-20,22,26-28H,12-13H2,(H,24,29,32)/t17-,18?,19?,20?,22-/m0/s1. The summed E-state index contributed by atoms with van der Waals surface area (Å²) in [4.78, 5) is 15.2. The van der Waals surface area contributed by atoms with E-state index in [4.69, 9.17) is 21.7 Å². The highest BCUT2D eigenvalue weighted by Crippen LogP contribution is 2.31. The zero-order valence-electron chi connectivity index (χ0n) is 17.1. The Bertz CT molecular complexity index is 1150. The predicted octanol–water partition coefficient (Wildman–Crippen LogP) is 1.82. The Morgan fingerprint density at radius 3 is 2.34 bits per heavy atom. The second kappa shape index (κ2) is 9.86. The maximum absolute atomic E-state index is 12.6. The zero-order chi connectivity index (χ0) is 22.7. The van der Waals surface area contributed by atoms with Crippen LogP contribution < -0.4 is 5.69 Å². The van der Waals surface area contributed by atoms with Gasteiger partial charge in [-0.05, 0) is 11.1 Å². The van der Waals surface area contributed by atoms with Crippen molar-refractivity contribution in [2.45, 2.75) is 37.3 Å². The molecule has 0 amide bonds. The van der Waals surface area contributed by atoms with Gasteiger partial charge in [-0.2, -0.15) is 0 Å². The highest BCUT2D eigenvalue weighted by atomic mass is 32.1. The molecule has 4 N–H and O–H groups in total. The van der Waals surface area contributed by atoms with E-state index < -0.39 is 42.9 Å². The lowest BCUT2D eigenvalue weighted by Gasteiger charge is -2.22. The number of benzene rings is 2. The number of rotatable bonds is 7. The van der Waals surface area contributed by atoms with Crippen LogP contribution >= 0.6 is 12.2 Å². The molecule has 0 spiro atoms. The molecule has 2 aromatic carbocycles. The number of aliphatic hydroxyl groups is 3. The third-order valence-electron chi connectivity index (χ3n) is 5.43. The van der Waals surface area contributed by atoms with Crippen LogP contribution in [0.25, 0.3) is 0 Å². The first kappa shape index (κ1) is 22.5. The summed E-state index contributed by atoms with van der Waals surface area (Å²) in [6.07, 6.45) is -4.06. The van der Waals surface area contributed by atoms with Crippen molar-refractivity contribution in [1.29, 1.82) is 0 Å². The number of nitrogens with one attached hydrogen (secondary N) is 1. The first-order valence-corrected chi connectivity index (χ1v) is 10.6. The van der Waals surface area contributed by atoms with Crippen LogP contribution in [-0.4, -0.2) is 49.8 Å². The van der Waals surface area contributed by atoms with E-state index >= 15 is 0 Å². The number of aromatic nitrogens is 2. The molecule has 0 bridgehead atoms. The van der Waals surface area contributed by atoms with Gasteiger partial charge in [0.15, 0.2) is 6.23 Å². The third kappa shape index (κ3) is 4.58. The average Bonchev–Trinajstić information content (AvgIpc) is 3.10. The van der Waals surface area contributed by atoms with E-state index in [0.29, 0.717) is 12.2 Å². The molecule has 8 nitrogen and oxygen atoms in total. The lowest BCUT2D eigenvalue weighted by molar-refractivity contribution is -0.0554. The van der Waals surface area contributed by atoms with E-state index in [1.807, 2.05) is 60.7 Å². The molecule has 0 radical (unpaired) electrons. The van der Waals surface area contributed by atoms with Gasteiger partial charge >= 0.3 is 5.69 Å². The van der Waals surface area contributed by atoms with Crippen LogP contribution in [0.15, 0.2) is 71.7 Å². The third-order valence-corrected chi connectivity index (χ3v) is 5.77. The van der Waals surface area contributed by atoms with E-state index in [0.717, 1.165) is 15.7 Å². The van der Waals surface area contributed by atoms with Gasteiger partial charge < -0.3 is 24.8 Å². The molecule has 1 saturated heterocycles. The Labute approximate surface area is 189 Å². The minimum absolute atomic E-state index is 0.194. The van der Waals surface area contributed by atoms with Crippen molar-refractivity contribution >= 4 is 12.2 Å². The van der Waals surface area contributed by atoms with Gasteiger partial charge in [0, 0.05) is 11.8 Å². The molecule has 4 rings (SSSR count). The van der Waals surface area contributed by atoms with Gasteiger partial charge in [0.2, 0.25) is 0 Å². The SMILES string of the molecule is O=c1[nH]c(=S)c(C(OCc2ccccc2)c2ccccc2)cn1[C@H]1O[C@@H](CO)C(O)C1O. The summed E-state index contributed by atoms with van der Waals surface area (Å²) in [5.74, 6) is 0. The second-order valence-corrected chi connectivity index (χ2v) is 7.98. The van der Waals surface area contributed by atoms with Gasteiger partial charge in [-0.3, -0.25) is 9.55 Å². The number of ether oxygens (including phenoxy) is 2. The van der Waals surface area contributed by atoms with E-state index in [1.54, 1.807) is 0 Å². The number of aromatic amines is 1. The molecule has 2 heterocycles. The molecule has 168 valence electrons. The van der Waals surface area contributed by atoms with Gasteiger partial charge in [-0.15, -0.1) is 0 Å². The summed E-state index contributed by atoms with van der Waals surface area (Å²) < 4.78 is 13.1. The van der Waals surface area contributed by atoms with Crippen molar-refractivity contribution in [3.8, 4) is 0 Å². The number of H-pyrrole nitrogens is 1. The molecule has 9 heteroatoms. The quantitative estimate of drug-likeness (QED) is 0.401.